The lowest BCUT2D eigenvalue weighted by atomic mass is 9.85. The number of rotatable bonds is 1. The van der Waals surface area contributed by atoms with Gasteiger partial charge in [0.1, 0.15) is 17.5 Å². The van der Waals surface area contributed by atoms with E-state index in [2.05, 4.69) is 0 Å². The maximum Gasteiger partial charge on any atom is 0.223 e. The lowest BCUT2D eigenvalue weighted by Gasteiger charge is -2.45. The van der Waals surface area contributed by atoms with Gasteiger partial charge in [-0.1, -0.05) is 17.7 Å². The molecule has 0 saturated carbocycles. The summed E-state index contributed by atoms with van der Waals surface area (Å²) in [5, 5.41) is 10.7. The minimum atomic E-state index is -0.723. The zero-order valence-electron chi connectivity index (χ0n) is 12.2. The number of aliphatic hydroxyl groups excluding tert-OH is 1. The molecule has 4 heteroatoms. The van der Waals surface area contributed by atoms with Gasteiger partial charge in [0.25, 0.3) is 0 Å². The second-order valence-corrected chi connectivity index (χ2v) is 6.33. The van der Waals surface area contributed by atoms with E-state index in [1.165, 1.54) is 0 Å². The molecule has 108 valence electrons. The zero-order chi connectivity index (χ0) is 14.5. The van der Waals surface area contributed by atoms with Gasteiger partial charge in [0.15, 0.2) is 0 Å². The van der Waals surface area contributed by atoms with Crippen molar-refractivity contribution >= 4 is 5.91 Å². The van der Waals surface area contributed by atoms with Gasteiger partial charge in [0, 0.05) is 18.5 Å². The molecule has 0 radical (unpaired) electrons. The second kappa shape index (κ2) is 4.48. The molecule has 0 bridgehead atoms. The van der Waals surface area contributed by atoms with Crippen molar-refractivity contribution in [2.24, 2.45) is 0 Å². The Hall–Kier alpha value is -1.55. The van der Waals surface area contributed by atoms with E-state index in [0.717, 1.165) is 23.3 Å². The van der Waals surface area contributed by atoms with E-state index in [1.54, 1.807) is 0 Å². The third-order valence-electron chi connectivity index (χ3n) is 4.31. The molecule has 0 aliphatic carbocycles. The van der Waals surface area contributed by atoms with Crippen LogP contribution >= 0.6 is 0 Å². The Balaban J connectivity index is 2.10. The number of hydrogen-bond donors (Lipinski definition) is 1. The number of ether oxygens (including phenoxy) is 1. The topological polar surface area (TPSA) is 49.8 Å². The lowest BCUT2D eigenvalue weighted by molar-refractivity contribution is -0.139. The SMILES string of the molecule is Cc1ccc2c(c1)[C@H](N1CCCC1=O)[C@@H](O)C(C)(C)O2. The first-order chi connectivity index (χ1) is 9.40. The molecular weight excluding hydrogens is 254 g/mol. The maximum atomic E-state index is 12.1. The molecule has 0 unspecified atom stereocenters. The van der Waals surface area contributed by atoms with Gasteiger partial charge in [0.2, 0.25) is 5.91 Å². The van der Waals surface area contributed by atoms with Crippen LogP contribution in [0, 0.1) is 6.92 Å². The standard InChI is InChI=1S/C16H21NO3/c1-10-6-7-12-11(9-10)14(15(19)16(2,3)20-12)17-8-4-5-13(17)18/h6-7,9,14-15,19H,4-5,8H2,1-3H3/t14-,15+/m0/s1. The zero-order valence-corrected chi connectivity index (χ0v) is 12.2. The molecule has 2 heterocycles. The minimum absolute atomic E-state index is 0.124. The fourth-order valence-corrected chi connectivity index (χ4v) is 3.19. The molecule has 1 fully saturated rings. The van der Waals surface area contributed by atoms with Gasteiger partial charge in [-0.25, -0.2) is 0 Å². The number of likely N-dealkylation sites (tertiary alicyclic amines) is 1. The van der Waals surface area contributed by atoms with Gasteiger partial charge in [-0.15, -0.1) is 0 Å². The average molecular weight is 275 g/mol. The molecule has 20 heavy (non-hydrogen) atoms. The van der Waals surface area contributed by atoms with Crippen LogP contribution in [0.4, 0.5) is 0 Å². The van der Waals surface area contributed by atoms with E-state index in [4.69, 9.17) is 4.74 Å². The number of carbonyl (C=O) groups is 1. The van der Waals surface area contributed by atoms with Crippen molar-refractivity contribution in [2.75, 3.05) is 6.54 Å². The molecule has 4 nitrogen and oxygen atoms in total. The van der Waals surface area contributed by atoms with Crippen molar-refractivity contribution in [2.45, 2.75) is 51.4 Å². The van der Waals surface area contributed by atoms with Crippen LogP contribution in [0.5, 0.6) is 5.75 Å². The van der Waals surface area contributed by atoms with Crippen LogP contribution in [0.15, 0.2) is 18.2 Å². The Kier molecular flexibility index (Phi) is 3.01. The predicted octanol–water partition coefficient (Wildman–Crippen LogP) is 2.19. The average Bonchev–Trinajstić information content (AvgIpc) is 2.78. The van der Waals surface area contributed by atoms with Crippen molar-refractivity contribution in [3.63, 3.8) is 0 Å². The molecule has 3 rings (SSSR count). The first-order valence-corrected chi connectivity index (χ1v) is 7.17. The summed E-state index contributed by atoms with van der Waals surface area (Å²) in [7, 11) is 0. The number of nitrogens with zero attached hydrogens (tertiary/aromatic N) is 1. The molecule has 2 aliphatic heterocycles. The van der Waals surface area contributed by atoms with E-state index < -0.39 is 11.7 Å². The van der Waals surface area contributed by atoms with E-state index in [-0.39, 0.29) is 11.9 Å². The summed E-state index contributed by atoms with van der Waals surface area (Å²) < 4.78 is 5.92. The molecule has 0 aromatic heterocycles. The van der Waals surface area contributed by atoms with Gasteiger partial charge in [0.05, 0.1) is 6.04 Å². The van der Waals surface area contributed by atoms with Crippen molar-refractivity contribution in [1.82, 2.24) is 4.90 Å². The van der Waals surface area contributed by atoms with Crippen LogP contribution in [0.25, 0.3) is 0 Å². The van der Waals surface area contributed by atoms with Gasteiger partial charge < -0.3 is 14.7 Å². The molecule has 1 saturated heterocycles. The monoisotopic (exact) mass is 275 g/mol. The third kappa shape index (κ3) is 1.99. The Morgan fingerprint density at radius 2 is 2.15 bits per heavy atom. The first-order valence-electron chi connectivity index (χ1n) is 7.17. The number of carbonyl (C=O) groups excluding carboxylic acids is 1. The first kappa shape index (κ1) is 13.4. The van der Waals surface area contributed by atoms with E-state index in [9.17, 15) is 9.90 Å². The highest BCUT2D eigenvalue weighted by molar-refractivity contribution is 5.79. The highest BCUT2D eigenvalue weighted by atomic mass is 16.5. The Morgan fingerprint density at radius 3 is 2.80 bits per heavy atom. The summed E-state index contributed by atoms with van der Waals surface area (Å²) >= 11 is 0. The van der Waals surface area contributed by atoms with Gasteiger partial charge in [-0.05, 0) is 33.3 Å². The van der Waals surface area contributed by atoms with Crippen LogP contribution in [0.2, 0.25) is 0 Å². The number of aliphatic hydroxyl groups is 1. The van der Waals surface area contributed by atoms with Crippen molar-refractivity contribution in [3.05, 3.63) is 29.3 Å². The molecule has 1 aromatic rings. The normalized spacial score (nSPS) is 28.2. The van der Waals surface area contributed by atoms with Crippen LogP contribution in [-0.4, -0.2) is 34.2 Å². The largest absolute Gasteiger partial charge is 0.485 e. The fraction of sp³-hybridized carbons (Fsp3) is 0.562. The molecule has 1 aromatic carbocycles. The minimum Gasteiger partial charge on any atom is -0.485 e. The van der Waals surface area contributed by atoms with Gasteiger partial charge in [-0.3, -0.25) is 4.79 Å². The highest BCUT2D eigenvalue weighted by Crippen LogP contribution is 2.44. The molecule has 0 spiro atoms. The van der Waals surface area contributed by atoms with Gasteiger partial charge >= 0.3 is 0 Å². The summed E-state index contributed by atoms with van der Waals surface area (Å²) in [6, 6.07) is 5.65. The van der Waals surface area contributed by atoms with E-state index in [0.29, 0.717) is 13.0 Å². The van der Waals surface area contributed by atoms with Crippen LogP contribution in [0.1, 0.15) is 43.9 Å². The Labute approximate surface area is 119 Å². The highest BCUT2D eigenvalue weighted by Gasteiger charge is 2.47. The fourth-order valence-electron chi connectivity index (χ4n) is 3.19. The predicted molar refractivity (Wildman–Crippen MR) is 75.6 cm³/mol. The van der Waals surface area contributed by atoms with Crippen LogP contribution < -0.4 is 4.74 Å². The number of benzene rings is 1. The number of fused-ring (bicyclic) bond motifs is 1. The van der Waals surface area contributed by atoms with Crippen molar-refractivity contribution in [1.29, 1.82) is 0 Å². The van der Waals surface area contributed by atoms with Crippen molar-refractivity contribution < 1.29 is 14.6 Å². The van der Waals surface area contributed by atoms with Crippen LogP contribution in [-0.2, 0) is 4.79 Å². The number of aryl methyl sites for hydroxylation is 1. The lowest BCUT2D eigenvalue weighted by Crippen LogP contribution is -2.53. The molecule has 1 amide bonds. The molecule has 2 aliphatic rings. The molecular formula is C16H21NO3. The van der Waals surface area contributed by atoms with E-state index in [1.807, 2.05) is 43.9 Å². The third-order valence-corrected chi connectivity index (χ3v) is 4.31. The quantitative estimate of drug-likeness (QED) is 0.854. The Morgan fingerprint density at radius 1 is 1.40 bits per heavy atom. The van der Waals surface area contributed by atoms with E-state index >= 15 is 0 Å². The van der Waals surface area contributed by atoms with Crippen LogP contribution in [0.3, 0.4) is 0 Å². The summed E-state index contributed by atoms with van der Waals surface area (Å²) in [5.74, 6) is 0.898. The maximum absolute atomic E-state index is 12.1. The number of hydrogen-bond acceptors (Lipinski definition) is 3. The second-order valence-electron chi connectivity index (χ2n) is 6.33. The Bertz CT molecular complexity index is 553. The van der Waals surface area contributed by atoms with Crippen molar-refractivity contribution in [3.8, 4) is 5.75 Å². The molecule has 1 N–H and O–H groups in total. The van der Waals surface area contributed by atoms with Gasteiger partial charge in [-0.2, -0.15) is 0 Å². The summed E-state index contributed by atoms with van der Waals surface area (Å²) in [6.07, 6.45) is 0.717. The summed E-state index contributed by atoms with van der Waals surface area (Å²) in [4.78, 5) is 13.9. The smallest absolute Gasteiger partial charge is 0.223 e. The summed E-state index contributed by atoms with van der Waals surface area (Å²) in [5.41, 5.74) is 1.33. The summed E-state index contributed by atoms with van der Waals surface area (Å²) in [6.45, 7) is 6.46. The molecule has 2 atom stereocenters. The number of amides is 1.